The van der Waals surface area contributed by atoms with Crippen LogP contribution in [0.1, 0.15) is 19.4 Å². The molecule has 0 bridgehead atoms. The highest BCUT2D eigenvalue weighted by Crippen LogP contribution is 2.20. The van der Waals surface area contributed by atoms with E-state index in [0.717, 1.165) is 10.5 Å². The molecule has 0 aliphatic carbocycles. The van der Waals surface area contributed by atoms with Crippen molar-refractivity contribution < 1.29 is 9.59 Å². The first-order valence-electron chi connectivity index (χ1n) is 4.92. The number of carbonyl (C=O) groups excluding carboxylic acids is 2. The highest BCUT2D eigenvalue weighted by Gasteiger charge is 2.07. The first-order chi connectivity index (χ1) is 7.54. The normalized spacial score (nSPS) is 11.3. The van der Waals surface area contributed by atoms with E-state index in [-0.39, 0.29) is 11.6 Å². The molecule has 0 unspecified atom stereocenters. The summed E-state index contributed by atoms with van der Waals surface area (Å²) in [5.74, 6) is -0.203. The van der Waals surface area contributed by atoms with Crippen molar-refractivity contribution in [2.24, 2.45) is 0 Å². The summed E-state index contributed by atoms with van der Waals surface area (Å²) in [6.07, 6.45) is 3.38. The van der Waals surface area contributed by atoms with Crippen molar-refractivity contribution in [3.05, 3.63) is 35.9 Å². The van der Waals surface area contributed by atoms with E-state index in [0.29, 0.717) is 5.57 Å². The predicted octanol–water partition coefficient (Wildman–Crippen LogP) is 2.97. The van der Waals surface area contributed by atoms with E-state index >= 15 is 0 Å². The van der Waals surface area contributed by atoms with E-state index in [1.807, 2.05) is 30.5 Å². The number of thioether (sulfide) groups is 1. The second-order valence-electron chi connectivity index (χ2n) is 3.45. The summed E-state index contributed by atoms with van der Waals surface area (Å²) in [6.45, 7) is 2.91. The lowest BCUT2D eigenvalue weighted by Gasteiger charge is -2.04. The van der Waals surface area contributed by atoms with Gasteiger partial charge in [0.05, 0.1) is 0 Å². The maximum atomic E-state index is 11.4. The van der Waals surface area contributed by atoms with Gasteiger partial charge in [-0.1, -0.05) is 12.1 Å². The lowest BCUT2D eigenvalue weighted by atomic mass is 10.0. The summed E-state index contributed by atoms with van der Waals surface area (Å²) in [6, 6.07) is 7.61. The molecule has 0 radical (unpaired) electrons. The first-order valence-corrected chi connectivity index (χ1v) is 6.14. The van der Waals surface area contributed by atoms with E-state index in [4.69, 9.17) is 0 Å². The van der Waals surface area contributed by atoms with Crippen LogP contribution in [0.15, 0.2) is 35.2 Å². The number of allylic oxidation sites excluding steroid dienone is 2. The number of carbonyl (C=O) groups is 2. The number of hydrogen-bond acceptors (Lipinski definition) is 3. The quantitative estimate of drug-likeness (QED) is 0.593. The van der Waals surface area contributed by atoms with Crippen LogP contribution in [0.2, 0.25) is 0 Å². The average molecular weight is 234 g/mol. The fourth-order valence-electron chi connectivity index (χ4n) is 1.36. The third-order valence-corrected chi connectivity index (χ3v) is 2.87. The van der Waals surface area contributed by atoms with Gasteiger partial charge < -0.3 is 0 Å². The summed E-state index contributed by atoms with van der Waals surface area (Å²) in [5, 5.41) is 0. The van der Waals surface area contributed by atoms with Crippen LogP contribution in [0.5, 0.6) is 0 Å². The van der Waals surface area contributed by atoms with Crippen molar-refractivity contribution in [3.8, 4) is 0 Å². The van der Waals surface area contributed by atoms with E-state index in [9.17, 15) is 9.59 Å². The van der Waals surface area contributed by atoms with Gasteiger partial charge in [-0.3, -0.25) is 9.59 Å². The maximum absolute atomic E-state index is 11.4. The molecule has 1 rings (SSSR count). The fourth-order valence-corrected chi connectivity index (χ4v) is 1.77. The molecule has 16 heavy (non-hydrogen) atoms. The monoisotopic (exact) mass is 234 g/mol. The predicted molar refractivity (Wildman–Crippen MR) is 67.6 cm³/mol. The van der Waals surface area contributed by atoms with Crippen LogP contribution in [0.25, 0.3) is 5.57 Å². The second-order valence-corrected chi connectivity index (χ2v) is 4.33. The summed E-state index contributed by atoms with van der Waals surface area (Å²) in [5.41, 5.74) is 1.26. The third kappa shape index (κ3) is 3.35. The molecular weight excluding hydrogens is 220 g/mol. The summed E-state index contributed by atoms with van der Waals surface area (Å²) in [7, 11) is 0. The number of benzene rings is 1. The van der Waals surface area contributed by atoms with Gasteiger partial charge in [0, 0.05) is 10.5 Å². The second kappa shape index (κ2) is 5.66. The minimum Gasteiger partial charge on any atom is -0.295 e. The van der Waals surface area contributed by atoms with Gasteiger partial charge in [0.2, 0.25) is 0 Å². The van der Waals surface area contributed by atoms with Gasteiger partial charge in [-0.05, 0) is 43.9 Å². The molecule has 1 aromatic carbocycles. The number of rotatable bonds is 4. The Morgan fingerprint density at radius 2 is 1.69 bits per heavy atom. The van der Waals surface area contributed by atoms with Gasteiger partial charge in [0.1, 0.15) is 0 Å². The molecule has 0 aliphatic rings. The van der Waals surface area contributed by atoms with Gasteiger partial charge in [0.15, 0.2) is 11.6 Å². The van der Waals surface area contributed by atoms with Crippen molar-refractivity contribution in [1.82, 2.24) is 0 Å². The largest absolute Gasteiger partial charge is 0.295 e. The lowest BCUT2D eigenvalue weighted by molar-refractivity contribution is -0.114. The van der Waals surface area contributed by atoms with Crippen LogP contribution in [-0.2, 0) is 9.59 Å². The Morgan fingerprint density at radius 3 is 2.06 bits per heavy atom. The lowest BCUT2D eigenvalue weighted by Crippen LogP contribution is -1.98. The van der Waals surface area contributed by atoms with Crippen molar-refractivity contribution in [3.63, 3.8) is 0 Å². The zero-order chi connectivity index (χ0) is 12.1. The summed E-state index contributed by atoms with van der Waals surface area (Å²) in [4.78, 5) is 23.6. The molecule has 0 aromatic heterocycles. The first kappa shape index (κ1) is 12.7. The Kier molecular flexibility index (Phi) is 4.50. The van der Waals surface area contributed by atoms with Crippen LogP contribution in [0.3, 0.4) is 0 Å². The van der Waals surface area contributed by atoms with E-state index in [1.165, 1.54) is 19.9 Å². The Bertz CT molecular complexity index is 430. The summed E-state index contributed by atoms with van der Waals surface area (Å²) < 4.78 is 0. The molecule has 0 aliphatic heterocycles. The van der Waals surface area contributed by atoms with Crippen molar-refractivity contribution in [2.75, 3.05) is 6.26 Å². The minimum absolute atomic E-state index is 0.0906. The van der Waals surface area contributed by atoms with E-state index in [2.05, 4.69) is 0 Å². The van der Waals surface area contributed by atoms with Crippen LogP contribution in [0.4, 0.5) is 0 Å². The van der Waals surface area contributed by atoms with Crippen molar-refractivity contribution in [1.29, 1.82) is 0 Å². The molecule has 0 amide bonds. The van der Waals surface area contributed by atoms with E-state index < -0.39 is 0 Å². The molecule has 84 valence electrons. The van der Waals surface area contributed by atoms with Crippen LogP contribution in [-0.4, -0.2) is 17.8 Å². The molecule has 0 spiro atoms. The number of hydrogen-bond donors (Lipinski definition) is 0. The third-order valence-electron chi connectivity index (χ3n) is 2.13. The standard InChI is InChI=1S/C13H14O2S/c1-9(14)8-13(10(2)15)11-4-6-12(16-3)7-5-11/h4-8H,1-3H3. The number of ketones is 2. The van der Waals surface area contributed by atoms with Gasteiger partial charge >= 0.3 is 0 Å². The molecule has 2 nitrogen and oxygen atoms in total. The Hall–Kier alpha value is -1.35. The summed E-state index contributed by atoms with van der Waals surface area (Å²) >= 11 is 1.64. The molecule has 0 heterocycles. The van der Waals surface area contributed by atoms with E-state index in [1.54, 1.807) is 11.8 Å². The molecule has 0 N–H and O–H groups in total. The molecule has 1 aromatic rings. The Balaban J connectivity index is 3.12. The highest BCUT2D eigenvalue weighted by atomic mass is 32.2. The van der Waals surface area contributed by atoms with Gasteiger partial charge in [-0.2, -0.15) is 0 Å². The van der Waals surface area contributed by atoms with Crippen LogP contribution in [0, 0.1) is 0 Å². The molecule has 0 saturated heterocycles. The van der Waals surface area contributed by atoms with Crippen molar-refractivity contribution >= 4 is 28.9 Å². The fraction of sp³-hybridized carbons (Fsp3) is 0.231. The molecular formula is C13H14O2S. The SMILES string of the molecule is CSc1ccc(C(=CC(C)=O)C(C)=O)cc1. The number of Topliss-reactive ketones (excluding diaryl/α,β-unsaturated/α-hetero) is 1. The minimum atomic E-state index is -0.112. The van der Waals surface area contributed by atoms with Gasteiger partial charge in [-0.25, -0.2) is 0 Å². The smallest absolute Gasteiger partial charge is 0.160 e. The molecule has 3 heteroatoms. The molecule has 0 fully saturated rings. The van der Waals surface area contributed by atoms with Crippen LogP contribution >= 0.6 is 11.8 Å². The van der Waals surface area contributed by atoms with Gasteiger partial charge in [-0.15, -0.1) is 11.8 Å². The Labute approximate surface area is 99.7 Å². The molecule has 0 saturated carbocycles. The Morgan fingerprint density at radius 1 is 1.12 bits per heavy atom. The van der Waals surface area contributed by atoms with Crippen LogP contribution < -0.4 is 0 Å². The average Bonchev–Trinajstić information content (AvgIpc) is 2.25. The highest BCUT2D eigenvalue weighted by molar-refractivity contribution is 7.98. The zero-order valence-electron chi connectivity index (χ0n) is 9.61. The van der Waals surface area contributed by atoms with Gasteiger partial charge in [0.25, 0.3) is 0 Å². The zero-order valence-corrected chi connectivity index (χ0v) is 10.4. The topological polar surface area (TPSA) is 34.1 Å². The van der Waals surface area contributed by atoms with Crippen molar-refractivity contribution in [2.45, 2.75) is 18.7 Å². The molecule has 0 atom stereocenters. The maximum Gasteiger partial charge on any atom is 0.160 e.